The van der Waals surface area contributed by atoms with Gasteiger partial charge in [-0.3, -0.25) is 4.79 Å². The summed E-state index contributed by atoms with van der Waals surface area (Å²) >= 11 is 0. The van der Waals surface area contributed by atoms with Crippen molar-refractivity contribution in [2.45, 2.75) is 30.7 Å². The van der Waals surface area contributed by atoms with Gasteiger partial charge in [0.25, 0.3) is 0 Å². The Labute approximate surface area is 109 Å². The van der Waals surface area contributed by atoms with Crippen LogP contribution in [-0.4, -0.2) is 19.9 Å². The van der Waals surface area contributed by atoms with Crippen molar-refractivity contribution in [3.8, 4) is 0 Å². The lowest BCUT2D eigenvalue weighted by Gasteiger charge is -2.25. The van der Waals surface area contributed by atoms with Crippen LogP contribution < -0.4 is 10.5 Å². The molecular weight excluding hydrogens is 278 g/mol. The summed E-state index contributed by atoms with van der Waals surface area (Å²) in [5.41, 5.74) is 3.62. The number of hydrogen-bond acceptors (Lipinski definition) is 3. The second-order valence-electron chi connectivity index (χ2n) is 4.23. The summed E-state index contributed by atoms with van der Waals surface area (Å²) in [6.07, 6.45) is 0.116. The van der Waals surface area contributed by atoms with E-state index in [1.807, 2.05) is 0 Å². The molecule has 0 spiro atoms. The van der Waals surface area contributed by atoms with Gasteiger partial charge in [0.2, 0.25) is 15.9 Å². The van der Waals surface area contributed by atoms with Crippen molar-refractivity contribution >= 4 is 15.9 Å². The molecule has 0 unspecified atom stereocenters. The van der Waals surface area contributed by atoms with Gasteiger partial charge in [0.15, 0.2) is 11.6 Å². The number of rotatable bonds is 5. The zero-order chi connectivity index (χ0) is 14.8. The first-order chi connectivity index (χ1) is 8.62. The summed E-state index contributed by atoms with van der Waals surface area (Å²) in [4.78, 5) is 10.8. The number of hydrogen-bond donors (Lipinski definition) is 2. The van der Waals surface area contributed by atoms with E-state index in [1.54, 1.807) is 6.92 Å². The predicted octanol–water partition coefficient (Wildman–Crippen LogP) is 0.897. The summed E-state index contributed by atoms with van der Waals surface area (Å²) in [5, 5.41) is 0. The lowest BCUT2D eigenvalue weighted by Crippen LogP contribution is -2.54. The highest BCUT2D eigenvalue weighted by atomic mass is 32.2. The number of carbonyl (C=O) groups excluding carboxylic acids is 1. The molecule has 106 valence electrons. The summed E-state index contributed by atoms with van der Waals surface area (Å²) in [6.45, 7) is 2.88. The molecular formula is C11H14F2N2O3S. The minimum Gasteiger partial charge on any atom is -0.368 e. The molecule has 0 fully saturated rings. The maximum atomic E-state index is 13.0. The van der Waals surface area contributed by atoms with E-state index >= 15 is 0 Å². The van der Waals surface area contributed by atoms with E-state index in [9.17, 15) is 22.0 Å². The smallest absolute Gasteiger partial charge is 0.241 e. The normalized spacial score (nSPS) is 14.9. The van der Waals surface area contributed by atoms with Gasteiger partial charge in [-0.25, -0.2) is 17.2 Å². The fourth-order valence-corrected chi connectivity index (χ4v) is 2.76. The van der Waals surface area contributed by atoms with E-state index in [-0.39, 0.29) is 6.42 Å². The minimum atomic E-state index is -4.17. The first kappa shape index (κ1) is 15.5. The van der Waals surface area contributed by atoms with Gasteiger partial charge in [-0.2, -0.15) is 4.72 Å². The van der Waals surface area contributed by atoms with Crippen molar-refractivity contribution in [3.05, 3.63) is 29.8 Å². The number of nitrogens with one attached hydrogen (secondary N) is 1. The van der Waals surface area contributed by atoms with E-state index in [4.69, 9.17) is 5.73 Å². The molecule has 1 atom stereocenters. The van der Waals surface area contributed by atoms with Gasteiger partial charge in [-0.15, -0.1) is 0 Å². The molecule has 1 rings (SSSR count). The number of amides is 1. The zero-order valence-corrected chi connectivity index (χ0v) is 11.2. The van der Waals surface area contributed by atoms with Gasteiger partial charge in [-0.1, -0.05) is 6.92 Å². The van der Waals surface area contributed by atoms with Crippen LogP contribution in [0.15, 0.2) is 23.1 Å². The second-order valence-corrected chi connectivity index (χ2v) is 5.91. The Bertz CT molecular complexity index is 604. The largest absolute Gasteiger partial charge is 0.368 e. The second kappa shape index (κ2) is 5.22. The number of carbonyl (C=O) groups is 1. The third-order valence-electron chi connectivity index (χ3n) is 2.81. The average Bonchev–Trinajstić information content (AvgIpc) is 2.31. The lowest BCUT2D eigenvalue weighted by atomic mass is 10.0. The fraction of sp³-hybridized carbons (Fsp3) is 0.364. The highest BCUT2D eigenvalue weighted by Gasteiger charge is 2.34. The van der Waals surface area contributed by atoms with E-state index in [0.717, 1.165) is 6.07 Å². The number of halogens is 2. The lowest BCUT2D eigenvalue weighted by molar-refractivity contribution is -0.123. The van der Waals surface area contributed by atoms with E-state index in [0.29, 0.717) is 12.1 Å². The van der Waals surface area contributed by atoms with Gasteiger partial charge in [-0.05, 0) is 31.5 Å². The molecule has 0 bridgehead atoms. The predicted molar refractivity (Wildman–Crippen MR) is 64.6 cm³/mol. The average molecular weight is 292 g/mol. The molecule has 0 radical (unpaired) electrons. The molecule has 8 heteroatoms. The van der Waals surface area contributed by atoms with Crippen LogP contribution in [0.2, 0.25) is 0 Å². The van der Waals surface area contributed by atoms with Crippen molar-refractivity contribution in [3.63, 3.8) is 0 Å². The maximum Gasteiger partial charge on any atom is 0.241 e. The fourth-order valence-electron chi connectivity index (χ4n) is 1.30. The Morgan fingerprint density at radius 2 is 1.95 bits per heavy atom. The van der Waals surface area contributed by atoms with Crippen LogP contribution in [0, 0.1) is 11.6 Å². The monoisotopic (exact) mass is 292 g/mol. The Morgan fingerprint density at radius 3 is 2.37 bits per heavy atom. The number of benzene rings is 1. The van der Waals surface area contributed by atoms with E-state index in [2.05, 4.69) is 4.72 Å². The highest BCUT2D eigenvalue weighted by molar-refractivity contribution is 7.89. The maximum absolute atomic E-state index is 13.0. The van der Waals surface area contributed by atoms with Crippen LogP contribution in [0.1, 0.15) is 20.3 Å². The van der Waals surface area contributed by atoms with Crippen LogP contribution in [0.5, 0.6) is 0 Å². The van der Waals surface area contributed by atoms with Crippen LogP contribution in [0.25, 0.3) is 0 Å². The molecule has 0 aliphatic heterocycles. The quantitative estimate of drug-likeness (QED) is 0.845. The standard InChI is InChI=1S/C11H14F2N2O3S/c1-3-11(2,10(14)16)15-19(17,18)7-4-5-8(12)9(13)6-7/h4-6,15H,3H2,1-2H3,(H2,14,16)/t11-/m1/s1. The number of primary amides is 1. The Hall–Kier alpha value is -1.54. The topological polar surface area (TPSA) is 89.3 Å². The van der Waals surface area contributed by atoms with Gasteiger partial charge in [0.05, 0.1) is 4.90 Å². The van der Waals surface area contributed by atoms with Crippen molar-refractivity contribution in [1.29, 1.82) is 0 Å². The van der Waals surface area contributed by atoms with Gasteiger partial charge >= 0.3 is 0 Å². The van der Waals surface area contributed by atoms with Crippen molar-refractivity contribution < 1.29 is 22.0 Å². The van der Waals surface area contributed by atoms with Crippen LogP contribution >= 0.6 is 0 Å². The molecule has 0 heterocycles. The number of sulfonamides is 1. The molecule has 1 amide bonds. The summed E-state index contributed by atoms with van der Waals surface area (Å²) < 4.78 is 51.8. The molecule has 3 N–H and O–H groups in total. The Kier molecular flexibility index (Phi) is 4.26. The molecule has 1 aromatic carbocycles. The van der Waals surface area contributed by atoms with Crippen LogP contribution in [-0.2, 0) is 14.8 Å². The molecule has 1 aromatic rings. The zero-order valence-electron chi connectivity index (χ0n) is 10.4. The van der Waals surface area contributed by atoms with Gasteiger partial charge in [0, 0.05) is 0 Å². The molecule has 0 aliphatic carbocycles. The van der Waals surface area contributed by atoms with Crippen LogP contribution in [0.3, 0.4) is 0 Å². The number of nitrogens with two attached hydrogens (primary N) is 1. The molecule has 0 saturated heterocycles. The first-order valence-electron chi connectivity index (χ1n) is 5.41. The molecule has 0 aromatic heterocycles. The third kappa shape index (κ3) is 3.27. The van der Waals surface area contributed by atoms with E-state index in [1.165, 1.54) is 6.92 Å². The third-order valence-corrected chi connectivity index (χ3v) is 4.41. The van der Waals surface area contributed by atoms with Crippen molar-refractivity contribution in [2.24, 2.45) is 5.73 Å². The SMILES string of the molecule is CC[C@@](C)(NS(=O)(=O)c1ccc(F)c(F)c1)C(N)=O. The molecule has 0 saturated carbocycles. The Balaban J connectivity index is 3.18. The molecule has 0 aliphatic rings. The highest BCUT2D eigenvalue weighted by Crippen LogP contribution is 2.18. The van der Waals surface area contributed by atoms with Gasteiger partial charge in [0.1, 0.15) is 5.54 Å². The summed E-state index contributed by atoms with van der Waals surface area (Å²) in [7, 11) is -4.17. The van der Waals surface area contributed by atoms with Crippen molar-refractivity contribution in [2.75, 3.05) is 0 Å². The van der Waals surface area contributed by atoms with Crippen molar-refractivity contribution in [1.82, 2.24) is 4.72 Å². The summed E-state index contributed by atoms with van der Waals surface area (Å²) in [5.74, 6) is -3.31. The molecule has 19 heavy (non-hydrogen) atoms. The van der Waals surface area contributed by atoms with Crippen LogP contribution in [0.4, 0.5) is 8.78 Å². The van der Waals surface area contributed by atoms with Gasteiger partial charge < -0.3 is 5.73 Å². The van der Waals surface area contributed by atoms with E-state index < -0.39 is 38.0 Å². The molecule has 5 nitrogen and oxygen atoms in total. The Morgan fingerprint density at radius 1 is 1.37 bits per heavy atom. The first-order valence-corrected chi connectivity index (χ1v) is 6.89. The summed E-state index contributed by atoms with van der Waals surface area (Å²) in [6, 6.07) is 2.13. The minimum absolute atomic E-state index is 0.116.